The summed E-state index contributed by atoms with van der Waals surface area (Å²) >= 11 is 2.97. The smallest absolute Gasteiger partial charge is 0.223 e. The monoisotopic (exact) mass is 295 g/mol. The first-order chi connectivity index (χ1) is 9.04. The van der Waals surface area contributed by atoms with Gasteiger partial charge in [0.1, 0.15) is 0 Å². The zero-order chi connectivity index (χ0) is 13.8. The van der Waals surface area contributed by atoms with Gasteiger partial charge >= 0.3 is 0 Å². The zero-order valence-corrected chi connectivity index (χ0v) is 12.2. The number of hydrogen-bond acceptors (Lipinski definition) is 5. The molecule has 0 aliphatic carbocycles. The molecule has 0 saturated carbocycles. The molecule has 19 heavy (non-hydrogen) atoms. The van der Waals surface area contributed by atoms with Crippen LogP contribution in [0.25, 0.3) is 10.6 Å². The molecule has 2 N–H and O–H groups in total. The first-order valence-corrected chi connectivity index (χ1v) is 7.31. The Labute approximate surface area is 118 Å². The van der Waals surface area contributed by atoms with Crippen LogP contribution in [0.15, 0.2) is 17.5 Å². The van der Waals surface area contributed by atoms with Crippen molar-refractivity contribution >= 4 is 39.6 Å². The van der Waals surface area contributed by atoms with Crippen molar-refractivity contribution in [1.82, 2.24) is 10.3 Å². The molecule has 7 heteroatoms. The summed E-state index contributed by atoms with van der Waals surface area (Å²) in [6.07, 6.45) is 0. The maximum Gasteiger partial charge on any atom is 0.223 e. The van der Waals surface area contributed by atoms with Gasteiger partial charge in [-0.2, -0.15) is 0 Å². The topological polar surface area (TPSA) is 71.1 Å². The highest BCUT2D eigenvalue weighted by atomic mass is 32.1. The normalized spacial score (nSPS) is 10.2. The van der Waals surface area contributed by atoms with Gasteiger partial charge in [-0.3, -0.25) is 9.59 Å². The molecule has 5 nitrogen and oxygen atoms in total. The van der Waals surface area contributed by atoms with Crippen molar-refractivity contribution in [3.05, 3.63) is 22.4 Å². The number of thiophene rings is 1. The molecule has 0 saturated heterocycles. The third-order valence-corrected chi connectivity index (χ3v) is 4.08. The number of thiazole rings is 1. The first kappa shape index (κ1) is 13.7. The van der Waals surface area contributed by atoms with Crippen LogP contribution in [-0.4, -0.2) is 16.8 Å². The van der Waals surface area contributed by atoms with Crippen LogP contribution in [0.1, 0.15) is 18.7 Å². The highest BCUT2D eigenvalue weighted by molar-refractivity contribution is 7.17. The number of hydrogen-bond donors (Lipinski definition) is 2. The van der Waals surface area contributed by atoms with Crippen LogP contribution in [0.3, 0.4) is 0 Å². The fourth-order valence-corrected chi connectivity index (χ4v) is 3.16. The van der Waals surface area contributed by atoms with E-state index >= 15 is 0 Å². The van der Waals surface area contributed by atoms with E-state index in [2.05, 4.69) is 15.6 Å². The molecule has 0 radical (unpaired) electrons. The second-order valence-corrected chi connectivity index (χ2v) is 5.92. The van der Waals surface area contributed by atoms with E-state index in [0.717, 1.165) is 15.4 Å². The van der Waals surface area contributed by atoms with Crippen molar-refractivity contribution in [2.75, 3.05) is 5.32 Å². The fourth-order valence-electron chi connectivity index (χ4n) is 1.42. The molecule has 0 bridgehead atoms. The minimum atomic E-state index is -0.126. The Balaban J connectivity index is 2.07. The quantitative estimate of drug-likeness (QED) is 0.910. The van der Waals surface area contributed by atoms with Gasteiger partial charge in [0.15, 0.2) is 5.13 Å². The molecule has 0 atom stereocenters. The summed E-state index contributed by atoms with van der Waals surface area (Å²) in [6.45, 7) is 3.48. The molecular weight excluding hydrogens is 282 g/mol. The van der Waals surface area contributed by atoms with Gasteiger partial charge in [-0.1, -0.05) is 0 Å². The molecule has 2 heterocycles. The lowest BCUT2D eigenvalue weighted by atomic mass is 10.3. The van der Waals surface area contributed by atoms with Gasteiger partial charge in [-0.25, -0.2) is 4.98 Å². The van der Waals surface area contributed by atoms with Crippen LogP contribution in [0.5, 0.6) is 0 Å². The second kappa shape index (κ2) is 5.94. The molecule has 0 aliphatic rings. The number of carbonyl (C=O) groups excluding carboxylic acids is 2. The predicted octanol–water partition coefficient (Wildman–Crippen LogP) is 2.47. The Morgan fingerprint density at radius 2 is 2.05 bits per heavy atom. The third kappa shape index (κ3) is 3.87. The molecule has 0 aliphatic heterocycles. The summed E-state index contributed by atoms with van der Waals surface area (Å²) in [5, 5.41) is 7.91. The van der Waals surface area contributed by atoms with Gasteiger partial charge in [0, 0.05) is 24.1 Å². The molecule has 2 amide bonds. The van der Waals surface area contributed by atoms with Crippen LogP contribution in [-0.2, 0) is 16.1 Å². The summed E-state index contributed by atoms with van der Waals surface area (Å²) in [5.41, 5.74) is 0.841. The SMILES string of the molecule is CC(=O)NCc1ccc(-c2csc(NC(C)=O)n2)s1. The molecule has 2 aromatic rings. The molecular formula is C12H13N3O2S2. The number of rotatable bonds is 4. The van der Waals surface area contributed by atoms with Crippen molar-refractivity contribution in [3.63, 3.8) is 0 Å². The largest absolute Gasteiger partial charge is 0.351 e. The van der Waals surface area contributed by atoms with E-state index in [1.165, 1.54) is 25.2 Å². The fraction of sp³-hybridized carbons (Fsp3) is 0.250. The Morgan fingerprint density at radius 1 is 1.26 bits per heavy atom. The van der Waals surface area contributed by atoms with E-state index < -0.39 is 0 Å². The number of amides is 2. The van der Waals surface area contributed by atoms with Gasteiger partial charge in [-0.15, -0.1) is 22.7 Å². The Bertz CT molecular complexity index is 604. The van der Waals surface area contributed by atoms with Gasteiger partial charge < -0.3 is 10.6 Å². The van der Waals surface area contributed by atoms with Gasteiger partial charge in [0.05, 0.1) is 17.1 Å². The lowest BCUT2D eigenvalue weighted by Crippen LogP contribution is -2.17. The average Bonchev–Trinajstić information content (AvgIpc) is 2.93. The van der Waals surface area contributed by atoms with Crippen molar-refractivity contribution in [3.8, 4) is 10.6 Å². The maximum atomic E-state index is 10.9. The Hall–Kier alpha value is -1.73. The first-order valence-electron chi connectivity index (χ1n) is 5.61. The lowest BCUT2D eigenvalue weighted by Gasteiger charge is -1.97. The Morgan fingerprint density at radius 3 is 2.74 bits per heavy atom. The van der Waals surface area contributed by atoms with E-state index in [1.807, 2.05) is 17.5 Å². The highest BCUT2D eigenvalue weighted by Crippen LogP contribution is 2.30. The average molecular weight is 295 g/mol. The standard InChI is InChI=1S/C12H13N3O2S2/c1-7(16)13-5-9-3-4-11(19-9)10-6-18-12(15-10)14-8(2)17/h3-4,6H,5H2,1-2H3,(H,13,16)(H,14,15,17). The summed E-state index contributed by atoms with van der Waals surface area (Å²) < 4.78 is 0. The summed E-state index contributed by atoms with van der Waals surface area (Å²) in [7, 11) is 0. The molecule has 0 aromatic carbocycles. The molecule has 100 valence electrons. The van der Waals surface area contributed by atoms with Gasteiger partial charge in [-0.05, 0) is 12.1 Å². The maximum absolute atomic E-state index is 10.9. The molecule has 0 fully saturated rings. The summed E-state index contributed by atoms with van der Waals surface area (Å²) in [5.74, 6) is -0.171. The number of nitrogens with one attached hydrogen (secondary N) is 2. The van der Waals surface area contributed by atoms with Crippen LogP contribution in [0.4, 0.5) is 5.13 Å². The number of carbonyl (C=O) groups is 2. The molecule has 2 aromatic heterocycles. The third-order valence-electron chi connectivity index (χ3n) is 2.21. The summed E-state index contributed by atoms with van der Waals surface area (Å²) in [6, 6.07) is 3.93. The number of aromatic nitrogens is 1. The van der Waals surface area contributed by atoms with E-state index in [4.69, 9.17) is 0 Å². The van der Waals surface area contributed by atoms with Crippen molar-refractivity contribution in [2.45, 2.75) is 20.4 Å². The highest BCUT2D eigenvalue weighted by Gasteiger charge is 2.08. The van der Waals surface area contributed by atoms with E-state index in [9.17, 15) is 9.59 Å². The van der Waals surface area contributed by atoms with Crippen LogP contribution in [0.2, 0.25) is 0 Å². The van der Waals surface area contributed by atoms with Gasteiger partial charge in [0.25, 0.3) is 0 Å². The summed E-state index contributed by atoms with van der Waals surface area (Å²) in [4.78, 5) is 28.2. The molecule has 0 spiro atoms. The van der Waals surface area contributed by atoms with E-state index in [1.54, 1.807) is 11.3 Å². The lowest BCUT2D eigenvalue weighted by molar-refractivity contribution is -0.119. The van der Waals surface area contributed by atoms with Crippen molar-refractivity contribution < 1.29 is 9.59 Å². The van der Waals surface area contributed by atoms with E-state index in [0.29, 0.717) is 11.7 Å². The van der Waals surface area contributed by atoms with Gasteiger partial charge in [0.2, 0.25) is 11.8 Å². The molecule has 0 unspecified atom stereocenters. The second-order valence-electron chi connectivity index (χ2n) is 3.89. The number of nitrogens with zero attached hydrogens (tertiary/aromatic N) is 1. The van der Waals surface area contributed by atoms with Crippen molar-refractivity contribution in [1.29, 1.82) is 0 Å². The van der Waals surface area contributed by atoms with Crippen LogP contribution < -0.4 is 10.6 Å². The predicted molar refractivity (Wildman–Crippen MR) is 77.3 cm³/mol. The van der Waals surface area contributed by atoms with Crippen LogP contribution >= 0.6 is 22.7 Å². The zero-order valence-electron chi connectivity index (χ0n) is 10.5. The molecule has 2 rings (SSSR count). The number of anilines is 1. The minimum Gasteiger partial charge on any atom is -0.351 e. The van der Waals surface area contributed by atoms with E-state index in [-0.39, 0.29) is 11.8 Å². The van der Waals surface area contributed by atoms with Crippen LogP contribution in [0, 0.1) is 0 Å². The minimum absolute atomic E-state index is 0.0449. The van der Waals surface area contributed by atoms with Crippen molar-refractivity contribution in [2.24, 2.45) is 0 Å². The Kier molecular flexibility index (Phi) is 4.28.